The fraction of sp³-hybridized carbons (Fsp3) is 0.150. The van der Waals surface area contributed by atoms with Gasteiger partial charge in [0.2, 0.25) is 0 Å². The molecule has 0 amide bonds. The molecule has 1 atom stereocenters. The van der Waals surface area contributed by atoms with E-state index in [4.69, 9.17) is 16.3 Å². The van der Waals surface area contributed by atoms with Crippen LogP contribution in [0.15, 0.2) is 60.7 Å². The molecule has 0 fully saturated rings. The van der Waals surface area contributed by atoms with Gasteiger partial charge in [0.15, 0.2) is 0 Å². The highest BCUT2D eigenvalue weighted by Crippen LogP contribution is 2.14. The third-order valence-electron chi connectivity index (χ3n) is 3.22. The first kappa shape index (κ1) is 16.9. The van der Waals surface area contributed by atoms with Crippen LogP contribution in [0.5, 0.6) is 0 Å². The molecule has 2 aromatic rings. The maximum absolute atomic E-state index is 11.9. The molecule has 0 aliphatic heterocycles. The van der Waals surface area contributed by atoms with E-state index in [1.54, 1.807) is 0 Å². The maximum Gasteiger partial charge on any atom is 0.313 e. The summed E-state index contributed by atoms with van der Waals surface area (Å²) in [5, 5.41) is 0.681. The minimum atomic E-state index is -0.396. The summed E-state index contributed by atoms with van der Waals surface area (Å²) in [5.41, 5.74) is 1.90. The van der Waals surface area contributed by atoms with Crippen molar-refractivity contribution in [2.45, 2.75) is 6.42 Å². The van der Waals surface area contributed by atoms with E-state index in [-0.39, 0.29) is 5.97 Å². The van der Waals surface area contributed by atoms with Gasteiger partial charge in [-0.2, -0.15) is 0 Å². The predicted octanol–water partition coefficient (Wildman–Crippen LogP) is 4.58. The van der Waals surface area contributed by atoms with E-state index in [1.807, 2.05) is 66.7 Å². The van der Waals surface area contributed by atoms with Crippen LogP contribution in [-0.4, -0.2) is 13.1 Å². The Balaban J connectivity index is 2.07. The molecule has 2 rings (SSSR count). The molecule has 2 nitrogen and oxygen atoms in total. The lowest BCUT2D eigenvalue weighted by Crippen LogP contribution is -2.13. The average Bonchev–Trinajstić information content (AvgIpc) is 2.59. The molecule has 0 aromatic heterocycles. The molecule has 0 saturated carbocycles. The maximum atomic E-state index is 11.9. The van der Waals surface area contributed by atoms with Crippen LogP contribution in [0.3, 0.4) is 0 Å². The SMILES string of the molecule is COC(=O)C(/C=C/c1ccc(Cl)cc1)CC#Cc1ccccc1. The Hall–Kier alpha value is -2.50. The third-order valence-corrected chi connectivity index (χ3v) is 3.48. The van der Waals surface area contributed by atoms with Gasteiger partial charge in [-0.25, -0.2) is 0 Å². The second-order valence-corrected chi connectivity index (χ2v) is 5.35. The summed E-state index contributed by atoms with van der Waals surface area (Å²) >= 11 is 5.86. The van der Waals surface area contributed by atoms with Gasteiger partial charge >= 0.3 is 5.97 Å². The summed E-state index contributed by atoms with van der Waals surface area (Å²) in [5.74, 6) is 5.40. The van der Waals surface area contributed by atoms with Gasteiger partial charge < -0.3 is 4.74 Å². The van der Waals surface area contributed by atoms with Gasteiger partial charge in [0.05, 0.1) is 13.0 Å². The van der Waals surface area contributed by atoms with Crippen molar-refractivity contribution in [2.24, 2.45) is 5.92 Å². The summed E-state index contributed by atoms with van der Waals surface area (Å²) in [4.78, 5) is 11.9. The molecule has 2 aromatic carbocycles. The van der Waals surface area contributed by atoms with Crippen molar-refractivity contribution in [2.75, 3.05) is 7.11 Å². The van der Waals surface area contributed by atoms with Crippen molar-refractivity contribution < 1.29 is 9.53 Å². The van der Waals surface area contributed by atoms with Gasteiger partial charge in [-0.05, 0) is 29.8 Å². The molecule has 0 aliphatic rings. The molecule has 0 spiro atoms. The fourth-order valence-corrected chi connectivity index (χ4v) is 2.09. The van der Waals surface area contributed by atoms with Gasteiger partial charge in [0.1, 0.15) is 0 Å². The number of halogens is 1. The smallest absolute Gasteiger partial charge is 0.313 e. The van der Waals surface area contributed by atoms with E-state index in [1.165, 1.54) is 7.11 Å². The van der Waals surface area contributed by atoms with Crippen LogP contribution < -0.4 is 0 Å². The predicted molar refractivity (Wildman–Crippen MR) is 93.9 cm³/mol. The standard InChI is InChI=1S/C20H17ClO2/c1-23-20(22)18(9-5-8-16-6-3-2-4-7-16)13-10-17-11-14-19(21)15-12-17/h2-4,6-7,10-15,18H,9H2,1H3/b13-10+. The van der Waals surface area contributed by atoms with E-state index >= 15 is 0 Å². The quantitative estimate of drug-likeness (QED) is 0.607. The van der Waals surface area contributed by atoms with E-state index < -0.39 is 5.92 Å². The lowest BCUT2D eigenvalue weighted by molar-refractivity contribution is -0.143. The number of benzene rings is 2. The molecule has 0 N–H and O–H groups in total. The van der Waals surface area contributed by atoms with Crippen LogP contribution in [-0.2, 0) is 9.53 Å². The highest BCUT2D eigenvalue weighted by Gasteiger charge is 2.14. The van der Waals surface area contributed by atoms with Crippen LogP contribution >= 0.6 is 11.6 Å². The second kappa shape index (κ2) is 8.82. The molecule has 23 heavy (non-hydrogen) atoms. The topological polar surface area (TPSA) is 26.3 Å². The molecule has 3 heteroatoms. The first-order chi connectivity index (χ1) is 11.2. The first-order valence-corrected chi connectivity index (χ1v) is 7.62. The van der Waals surface area contributed by atoms with Crippen LogP contribution in [0.25, 0.3) is 6.08 Å². The Bertz CT molecular complexity index is 722. The van der Waals surface area contributed by atoms with Crippen molar-refractivity contribution in [3.63, 3.8) is 0 Å². The summed E-state index contributed by atoms with van der Waals surface area (Å²) in [6.07, 6.45) is 4.10. The number of carbonyl (C=O) groups excluding carboxylic acids is 1. The fourth-order valence-electron chi connectivity index (χ4n) is 1.97. The Labute approximate surface area is 141 Å². The van der Waals surface area contributed by atoms with Gasteiger partial charge in [0, 0.05) is 17.0 Å². The molecular formula is C20H17ClO2. The summed E-state index contributed by atoms with van der Waals surface area (Å²) in [6, 6.07) is 17.1. The molecular weight excluding hydrogens is 308 g/mol. The monoisotopic (exact) mass is 324 g/mol. The first-order valence-electron chi connectivity index (χ1n) is 7.24. The van der Waals surface area contributed by atoms with Gasteiger partial charge in [-0.3, -0.25) is 4.79 Å². The van der Waals surface area contributed by atoms with Gasteiger partial charge in [0.25, 0.3) is 0 Å². The molecule has 116 valence electrons. The Morgan fingerprint density at radius 3 is 2.52 bits per heavy atom. The van der Waals surface area contributed by atoms with Crippen molar-refractivity contribution >= 4 is 23.6 Å². The highest BCUT2D eigenvalue weighted by molar-refractivity contribution is 6.30. The largest absolute Gasteiger partial charge is 0.469 e. The molecule has 0 aliphatic carbocycles. The van der Waals surface area contributed by atoms with Crippen LogP contribution in [0.2, 0.25) is 5.02 Å². The summed E-state index contributed by atoms with van der Waals surface area (Å²) in [6.45, 7) is 0. The summed E-state index contributed by atoms with van der Waals surface area (Å²) in [7, 11) is 1.39. The Morgan fingerprint density at radius 2 is 1.87 bits per heavy atom. The molecule has 0 heterocycles. The average molecular weight is 325 g/mol. The van der Waals surface area contributed by atoms with E-state index in [0.717, 1.165) is 11.1 Å². The van der Waals surface area contributed by atoms with Crippen LogP contribution in [0.1, 0.15) is 17.5 Å². The lowest BCUT2D eigenvalue weighted by atomic mass is 10.0. The zero-order valence-corrected chi connectivity index (χ0v) is 13.6. The Morgan fingerprint density at radius 1 is 1.17 bits per heavy atom. The zero-order chi connectivity index (χ0) is 16.5. The van der Waals surface area contributed by atoms with E-state index in [9.17, 15) is 4.79 Å². The van der Waals surface area contributed by atoms with Crippen molar-refractivity contribution in [3.05, 3.63) is 76.8 Å². The van der Waals surface area contributed by atoms with Crippen molar-refractivity contribution in [1.29, 1.82) is 0 Å². The van der Waals surface area contributed by atoms with E-state index in [0.29, 0.717) is 11.4 Å². The second-order valence-electron chi connectivity index (χ2n) is 4.91. The molecule has 0 saturated heterocycles. The number of carbonyl (C=O) groups is 1. The van der Waals surface area contributed by atoms with Crippen LogP contribution in [0, 0.1) is 17.8 Å². The molecule has 0 bridgehead atoms. The molecule has 1 unspecified atom stereocenters. The van der Waals surface area contributed by atoms with E-state index in [2.05, 4.69) is 11.8 Å². The summed E-state index contributed by atoms with van der Waals surface area (Å²) < 4.78 is 4.84. The minimum absolute atomic E-state index is 0.294. The number of methoxy groups -OCH3 is 1. The van der Waals surface area contributed by atoms with Crippen molar-refractivity contribution in [1.82, 2.24) is 0 Å². The van der Waals surface area contributed by atoms with Gasteiger partial charge in [-0.1, -0.05) is 65.9 Å². The van der Waals surface area contributed by atoms with Crippen LogP contribution in [0.4, 0.5) is 0 Å². The highest BCUT2D eigenvalue weighted by atomic mass is 35.5. The number of esters is 1. The third kappa shape index (κ3) is 5.65. The molecule has 0 radical (unpaired) electrons. The number of ether oxygens (including phenoxy) is 1. The number of hydrogen-bond donors (Lipinski definition) is 0. The van der Waals surface area contributed by atoms with Gasteiger partial charge in [-0.15, -0.1) is 0 Å². The normalized spacial score (nSPS) is 11.6. The minimum Gasteiger partial charge on any atom is -0.469 e. The lowest BCUT2D eigenvalue weighted by Gasteiger charge is -2.06. The number of rotatable bonds is 4. The van der Waals surface area contributed by atoms with Crippen molar-refractivity contribution in [3.8, 4) is 11.8 Å². The zero-order valence-electron chi connectivity index (χ0n) is 12.8. The number of hydrogen-bond acceptors (Lipinski definition) is 2. The Kier molecular flexibility index (Phi) is 6.47.